The quantitative estimate of drug-likeness (QED) is 0.814. The predicted molar refractivity (Wildman–Crippen MR) is 75.7 cm³/mol. The van der Waals surface area contributed by atoms with Crippen LogP contribution in [0.3, 0.4) is 0 Å². The zero-order valence-corrected chi connectivity index (χ0v) is 12.8. The zero-order valence-electron chi connectivity index (χ0n) is 12.0. The Hall–Kier alpha value is -0.880. The van der Waals surface area contributed by atoms with Gasteiger partial charge in [0.15, 0.2) is 9.84 Å². The molecule has 1 fully saturated rings. The Labute approximate surface area is 115 Å². The van der Waals surface area contributed by atoms with Crippen LogP contribution < -0.4 is 0 Å². The monoisotopic (exact) mass is 285 g/mol. The van der Waals surface area contributed by atoms with E-state index in [9.17, 15) is 8.42 Å². The van der Waals surface area contributed by atoms with Gasteiger partial charge in [-0.15, -0.1) is 0 Å². The summed E-state index contributed by atoms with van der Waals surface area (Å²) in [4.78, 5) is 2.30. The first-order valence-corrected chi connectivity index (χ1v) is 8.67. The highest BCUT2D eigenvalue weighted by Crippen LogP contribution is 2.21. The molecule has 1 aliphatic heterocycles. The summed E-state index contributed by atoms with van der Waals surface area (Å²) < 4.78 is 25.1. The van der Waals surface area contributed by atoms with Crippen LogP contribution in [0.1, 0.15) is 31.0 Å². The van der Waals surface area contributed by atoms with Crippen molar-refractivity contribution in [1.82, 2.24) is 14.7 Å². The van der Waals surface area contributed by atoms with Gasteiger partial charge in [-0.05, 0) is 26.3 Å². The first-order valence-electron chi connectivity index (χ1n) is 6.85. The van der Waals surface area contributed by atoms with Gasteiger partial charge in [0.25, 0.3) is 0 Å². The minimum Gasteiger partial charge on any atom is -0.295 e. The Morgan fingerprint density at radius 3 is 2.74 bits per heavy atom. The highest BCUT2D eigenvalue weighted by molar-refractivity contribution is 7.91. The molecule has 1 aromatic heterocycles. The van der Waals surface area contributed by atoms with Crippen molar-refractivity contribution < 1.29 is 8.42 Å². The van der Waals surface area contributed by atoms with E-state index in [1.807, 2.05) is 17.9 Å². The first kappa shape index (κ1) is 14.5. The normalized spacial score (nSPS) is 22.2. The second-order valence-electron chi connectivity index (χ2n) is 5.41. The van der Waals surface area contributed by atoms with E-state index in [1.54, 1.807) is 0 Å². The molecule has 0 amide bonds. The van der Waals surface area contributed by atoms with Gasteiger partial charge in [-0.3, -0.25) is 9.58 Å². The molecule has 1 atom stereocenters. The molecule has 2 heterocycles. The van der Waals surface area contributed by atoms with E-state index in [-0.39, 0.29) is 6.04 Å². The van der Waals surface area contributed by atoms with E-state index in [1.165, 1.54) is 5.56 Å². The molecule has 1 aromatic rings. The standard InChI is InChI=1S/C13H23N3O2S/c1-4-6-16(13-5-7-19(17,18)10-13)9-12-8-14-15(3)11(12)2/h8,13H,4-7,9-10H2,1-3H3/t13-/m1/s1. The van der Waals surface area contributed by atoms with Gasteiger partial charge in [-0.1, -0.05) is 6.92 Å². The second-order valence-corrected chi connectivity index (χ2v) is 7.63. The second kappa shape index (κ2) is 5.63. The number of aryl methyl sites for hydroxylation is 1. The molecule has 1 aliphatic rings. The average molecular weight is 285 g/mol. The van der Waals surface area contributed by atoms with Crippen molar-refractivity contribution in [3.05, 3.63) is 17.5 Å². The van der Waals surface area contributed by atoms with Gasteiger partial charge in [0.2, 0.25) is 0 Å². The molecule has 2 rings (SSSR count). The van der Waals surface area contributed by atoms with E-state index < -0.39 is 9.84 Å². The van der Waals surface area contributed by atoms with Crippen molar-refractivity contribution >= 4 is 9.84 Å². The van der Waals surface area contributed by atoms with Gasteiger partial charge in [0.05, 0.1) is 17.7 Å². The highest BCUT2D eigenvalue weighted by Gasteiger charge is 2.32. The lowest BCUT2D eigenvalue weighted by atomic mass is 10.1. The Kier molecular flexibility index (Phi) is 4.30. The molecular weight excluding hydrogens is 262 g/mol. The molecule has 0 saturated carbocycles. The van der Waals surface area contributed by atoms with Gasteiger partial charge >= 0.3 is 0 Å². The molecule has 0 N–H and O–H groups in total. The highest BCUT2D eigenvalue weighted by atomic mass is 32.2. The maximum Gasteiger partial charge on any atom is 0.151 e. The maximum atomic E-state index is 11.6. The van der Waals surface area contributed by atoms with Crippen LogP contribution in [-0.4, -0.2) is 47.2 Å². The fourth-order valence-electron chi connectivity index (χ4n) is 2.66. The van der Waals surface area contributed by atoms with Gasteiger partial charge in [0.1, 0.15) is 0 Å². The maximum absolute atomic E-state index is 11.6. The van der Waals surface area contributed by atoms with Gasteiger partial charge < -0.3 is 0 Å². The lowest BCUT2D eigenvalue weighted by Gasteiger charge is -2.27. The molecule has 0 aliphatic carbocycles. The van der Waals surface area contributed by atoms with Crippen LogP contribution in [-0.2, 0) is 23.4 Å². The molecule has 0 unspecified atom stereocenters. The van der Waals surface area contributed by atoms with Gasteiger partial charge in [-0.25, -0.2) is 8.42 Å². The number of hydrogen-bond acceptors (Lipinski definition) is 4. The van der Waals surface area contributed by atoms with Crippen molar-refractivity contribution in [2.45, 2.75) is 39.3 Å². The fourth-order valence-corrected chi connectivity index (χ4v) is 4.42. The summed E-state index contributed by atoms with van der Waals surface area (Å²) in [5.41, 5.74) is 2.35. The Bertz CT molecular complexity index is 536. The van der Waals surface area contributed by atoms with Crippen molar-refractivity contribution in [2.75, 3.05) is 18.1 Å². The van der Waals surface area contributed by atoms with Gasteiger partial charge in [0, 0.05) is 30.9 Å². The molecule has 1 saturated heterocycles. The largest absolute Gasteiger partial charge is 0.295 e. The van der Waals surface area contributed by atoms with E-state index in [0.717, 1.165) is 31.6 Å². The summed E-state index contributed by atoms with van der Waals surface area (Å²) >= 11 is 0. The number of hydrogen-bond donors (Lipinski definition) is 0. The van der Waals surface area contributed by atoms with Crippen molar-refractivity contribution in [3.8, 4) is 0 Å². The van der Waals surface area contributed by atoms with Crippen molar-refractivity contribution in [2.24, 2.45) is 7.05 Å². The Morgan fingerprint density at radius 2 is 2.26 bits per heavy atom. The Balaban J connectivity index is 2.11. The third kappa shape index (κ3) is 3.36. The third-order valence-corrected chi connectivity index (χ3v) is 5.70. The molecule has 0 radical (unpaired) electrons. The summed E-state index contributed by atoms with van der Waals surface area (Å²) in [6.07, 6.45) is 3.69. The topological polar surface area (TPSA) is 55.2 Å². The average Bonchev–Trinajstić information content (AvgIpc) is 2.85. The van der Waals surface area contributed by atoms with Crippen LogP contribution in [0.5, 0.6) is 0 Å². The number of aromatic nitrogens is 2. The minimum absolute atomic E-state index is 0.171. The van der Waals surface area contributed by atoms with E-state index in [4.69, 9.17) is 0 Å². The summed E-state index contributed by atoms with van der Waals surface area (Å²) in [5.74, 6) is 0.649. The van der Waals surface area contributed by atoms with Crippen molar-refractivity contribution in [1.29, 1.82) is 0 Å². The van der Waals surface area contributed by atoms with Crippen LogP contribution >= 0.6 is 0 Å². The van der Waals surface area contributed by atoms with E-state index in [2.05, 4.69) is 23.8 Å². The van der Waals surface area contributed by atoms with Crippen LogP contribution in [0, 0.1) is 6.92 Å². The van der Waals surface area contributed by atoms with E-state index >= 15 is 0 Å². The fraction of sp³-hybridized carbons (Fsp3) is 0.769. The lowest BCUT2D eigenvalue weighted by Crippen LogP contribution is -2.36. The van der Waals surface area contributed by atoms with Crippen LogP contribution in [0.4, 0.5) is 0 Å². The zero-order chi connectivity index (χ0) is 14.0. The smallest absolute Gasteiger partial charge is 0.151 e. The van der Waals surface area contributed by atoms with Crippen molar-refractivity contribution in [3.63, 3.8) is 0 Å². The molecule has 108 valence electrons. The number of nitrogens with zero attached hydrogens (tertiary/aromatic N) is 3. The summed E-state index contributed by atoms with van der Waals surface area (Å²) in [5, 5.41) is 4.26. The molecule has 5 nitrogen and oxygen atoms in total. The first-order chi connectivity index (χ1) is 8.93. The summed E-state index contributed by atoms with van der Waals surface area (Å²) in [6, 6.07) is 0.171. The molecule has 0 spiro atoms. The minimum atomic E-state index is -2.82. The molecule has 0 aromatic carbocycles. The van der Waals surface area contributed by atoms with Crippen LogP contribution in [0.15, 0.2) is 6.20 Å². The van der Waals surface area contributed by atoms with Gasteiger partial charge in [-0.2, -0.15) is 5.10 Å². The predicted octanol–water partition coefficient (Wildman–Crippen LogP) is 1.13. The SMILES string of the molecule is CCCN(Cc1cnn(C)c1C)[C@@H]1CCS(=O)(=O)C1. The van der Waals surface area contributed by atoms with Crippen LogP contribution in [0.2, 0.25) is 0 Å². The Morgan fingerprint density at radius 1 is 1.53 bits per heavy atom. The summed E-state index contributed by atoms with van der Waals surface area (Å²) in [7, 11) is -0.885. The number of rotatable bonds is 5. The third-order valence-electron chi connectivity index (χ3n) is 3.95. The number of sulfone groups is 1. The molecular formula is C13H23N3O2S. The molecule has 19 heavy (non-hydrogen) atoms. The molecule has 6 heteroatoms. The van der Waals surface area contributed by atoms with E-state index in [0.29, 0.717) is 11.5 Å². The molecule has 0 bridgehead atoms. The van der Waals surface area contributed by atoms with Crippen LogP contribution in [0.25, 0.3) is 0 Å². The lowest BCUT2D eigenvalue weighted by molar-refractivity contribution is 0.203. The summed E-state index contributed by atoms with van der Waals surface area (Å²) in [6.45, 7) is 5.92.